The van der Waals surface area contributed by atoms with Crippen molar-refractivity contribution in [2.24, 2.45) is 0 Å². The maximum Gasteiger partial charge on any atom is 0.139 e. The number of aliphatic hydroxyl groups is 1. The molecule has 2 rings (SSSR count). The van der Waals surface area contributed by atoms with Gasteiger partial charge in [0.1, 0.15) is 5.82 Å². The molecule has 0 bridgehead atoms. The van der Waals surface area contributed by atoms with E-state index in [0.717, 1.165) is 24.9 Å². The number of benzene rings is 1. The van der Waals surface area contributed by atoms with Gasteiger partial charge in [0, 0.05) is 5.69 Å². The van der Waals surface area contributed by atoms with E-state index in [2.05, 4.69) is 21.2 Å². The third-order valence-corrected chi connectivity index (χ3v) is 3.39. The summed E-state index contributed by atoms with van der Waals surface area (Å²) in [6.45, 7) is 0. The molecule has 0 spiro atoms. The molecular formula is C11H13BrFNO. The van der Waals surface area contributed by atoms with Crippen molar-refractivity contribution in [3.8, 4) is 0 Å². The van der Waals surface area contributed by atoms with Gasteiger partial charge in [-0.15, -0.1) is 0 Å². The Hall–Kier alpha value is -0.610. The lowest BCUT2D eigenvalue weighted by molar-refractivity contribution is 0.172. The molecule has 4 heteroatoms. The molecule has 0 aliphatic heterocycles. The molecule has 0 unspecified atom stereocenters. The maximum absolute atomic E-state index is 13.2. The van der Waals surface area contributed by atoms with Crippen LogP contribution in [0.5, 0.6) is 0 Å². The van der Waals surface area contributed by atoms with E-state index in [4.69, 9.17) is 0 Å². The lowest BCUT2D eigenvalue weighted by Gasteiger charge is -2.17. The molecule has 0 heterocycles. The number of nitrogens with one attached hydrogen (secondary N) is 1. The topological polar surface area (TPSA) is 32.3 Å². The van der Waals surface area contributed by atoms with Crippen molar-refractivity contribution < 1.29 is 9.50 Å². The number of rotatable bonds is 2. The molecule has 82 valence electrons. The second kappa shape index (κ2) is 4.49. The van der Waals surface area contributed by atoms with Crippen LogP contribution in [-0.2, 0) is 0 Å². The quantitative estimate of drug-likeness (QED) is 0.869. The summed E-state index contributed by atoms with van der Waals surface area (Å²) >= 11 is 3.10. The van der Waals surface area contributed by atoms with Crippen LogP contribution in [0.25, 0.3) is 0 Å². The largest absolute Gasteiger partial charge is 0.391 e. The first kappa shape index (κ1) is 10.9. The standard InChI is InChI=1S/C11H13BrFNO/c12-8-5-4-7(6-9(8)13)14-10-2-1-3-11(10)15/h4-6,10-11,14-15H,1-3H2/t10-,11-/m1/s1. The SMILES string of the molecule is O[C@@H]1CCC[C@H]1Nc1ccc(Br)c(F)c1. The van der Waals surface area contributed by atoms with Crippen molar-refractivity contribution in [2.75, 3.05) is 5.32 Å². The maximum atomic E-state index is 13.2. The van der Waals surface area contributed by atoms with Crippen LogP contribution >= 0.6 is 15.9 Å². The van der Waals surface area contributed by atoms with Gasteiger partial charge in [0.2, 0.25) is 0 Å². The van der Waals surface area contributed by atoms with Crippen LogP contribution in [0.4, 0.5) is 10.1 Å². The van der Waals surface area contributed by atoms with Crippen LogP contribution in [0.3, 0.4) is 0 Å². The minimum atomic E-state index is -0.309. The van der Waals surface area contributed by atoms with E-state index in [9.17, 15) is 9.50 Å². The van der Waals surface area contributed by atoms with Crippen LogP contribution in [0.2, 0.25) is 0 Å². The van der Waals surface area contributed by atoms with Crippen LogP contribution in [0, 0.1) is 5.82 Å². The first-order valence-electron chi connectivity index (χ1n) is 5.06. The van der Waals surface area contributed by atoms with Gasteiger partial charge >= 0.3 is 0 Å². The van der Waals surface area contributed by atoms with Gasteiger partial charge < -0.3 is 10.4 Å². The van der Waals surface area contributed by atoms with E-state index in [1.165, 1.54) is 6.07 Å². The van der Waals surface area contributed by atoms with Gasteiger partial charge in [-0.3, -0.25) is 0 Å². The average Bonchev–Trinajstić information content (AvgIpc) is 2.59. The molecule has 1 aromatic rings. The van der Waals surface area contributed by atoms with Crippen molar-refractivity contribution in [1.82, 2.24) is 0 Å². The summed E-state index contributed by atoms with van der Waals surface area (Å²) in [6, 6.07) is 4.97. The zero-order chi connectivity index (χ0) is 10.8. The molecule has 0 amide bonds. The van der Waals surface area contributed by atoms with Crippen LogP contribution in [0.1, 0.15) is 19.3 Å². The fourth-order valence-electron chi connectivity index (χ4n) is 1.91. The fraction of sp³-hybridized carbons (Fsp3) is 0.455. The molecule has 2 nitrogen and oxygen atoms in total. The van der Waals surface area contributed by atoms with E-state index < -0.39 is 0 Å². The molecule has 1 aromatic carbocycles. The Kier molecular flexibility index (Phi) is 3.26. The predicted octanol–water partition coefficient (Wildman–Crippen LogP) is 2.91. The Morgan fingerprint density at radius 2 is 2.20 bits per heavy atom. The van der Waals surface area contributed by atoms with E-state index in [1.807, 2.05) is 0 Å². The Morgan fingerprint density at radius 1 is 1.40 bits per heavy atom. The molecule has 0 aromatic heterocycles. The highest BCUT2D eigenvalue weighted by atomic mass is 79.9. The van der Waals surface area contributed by atoms with Gasteiger partial charge in [0.15, 0.2) is 0 Å². The molecule has 1 aliphatic carbocycles. The van der Waals surface area contributed by atoms with Gasteiger partial charge in [-0.05, 0) is 53.4 Å². The number of hydrogen-bond donors (Lipinski definition) is 2. The normalized spacial score (nSPS) is 25.5. The van der Waals surface area contributed by atoms with Crippen molar-refractivity contribution >= 4 is 21.6 Å². The van der Waals surface area contributed by atoms with Crippen molar-refractivity contribution in [3.05, 3.63) is 28.5 Å². The van der Waals surface area contributed by atoms with E-state index in [0.29, 0.717) is 4.47 Å². The number of anilines is 1. The average molecular weight is 274 g/mol. The summed E-state index contributed by atoms with van der Waals surface area (Å²) in [6.07, 6.45) is 2.49. The Balaban J connectivity index is 2.07. The highest BCUT2D eigenvalue weighted by molar-refractivity contribution is 9.10. The molecule has 1 saturated carbocycles. The Morgan fingerprint density at radius 3 is 2.80 bits per heavy atom. The molecule has 1 aliphatic rings. The summed E-state index contributed by atoms with van der Waals surface area (Å²) in [5.41, 5.74) is 0.724. The summed E-state index contributed by atoms with van der Waals surface area (Å²) in [7, 11) is 0. The highest BCUT2D eigenvalue weighted by Crippen LogP contribution is 2.25. The number of hydrogen-bond acceptors (Lipinski definition) is 2. The molecule has 2 atom stereocenters. The summed E-state index contributed by atoms with van der Waals surface area (Å²) in [4.78, 5) is 0. The van der Waals surface area contributed by atoms with Crippen LogP contribution in [-0.4, -0.2) is 17.3 Å². The lowest BCUT2D eigenvalue weighted by atomic mass is 10.2. The highest BCUT2D eigenvalue weighted by Gasteiger charge is 2.24. The minimum absolute atomic E-state index is 0.0607. The first-order valence-corrected chi connectivity index (χ1v) is 5.86. The predicted molar refractivity (Wildman–Crippen MR) is 61.4 cm³/mol. The van der Waals surface area contributed by atoms with Gasteiger partial charge in [0.25, 0.3) is 0 Å². The monoisotopic (exact) mass is 273 g/mol. The molecule has 2 N–H and O–H groups in total. The Labute approximate surface area is 96.6 Å². The van der Waals surface area contributed by atoms with Gasteiger partial charge in [-0.2, -0.15) is 0 Å². The summed E-state index contributed by atoms with van der Waals surface area (Å²) in [5, 5.41) is 12.8. The van der Waals surface area contributed by atoms with Crippen LogP contribution in [0.15, 0.2) is 22.7 Å². The second-order valence-electron chi connectivity index (χ2n) is 3.88. The molecule has 1 fully saturated rings. The third kappa shape index (κ3) is 2.49. The molecular weight excluding hydrogens is 261 g/mol. The van der Waals surface area contributed by atoms with Gasteiger partial charge in [-0.25, -0.2) is 4.39 Å². The third-order valence-electron chi connectivity index (χ3n) is 2.75. The minimum Gasteiger partial charge on any atom is -0.391 e. The van der Waals surface area contributed by atoms with Gasteiger partial charge in [-0.1, -0.05) is 0 Å². The smallest absolute Gasteiger partial charge is 0.139 e. The van der Waals surface area contributed by atoms with Crippen LogP contribution < -0.4 is 5.32 Å². The van der Waals surface area contributed by atoms with E-state index >= 15 is 0 Å². The summed E-state index contributed by atoms with van der Waals surface area (Å²) < 4.78 is 13.7. The second-order valence-corrected chi connectivity index (χ2v) is 4.73. The first-order chi connectivity index (χ1) is 7.16. The van der Waals surface area contributed by atoms with E-state index in [-0.39, 0.29) is 18.0 Å². The fourth-order valence-corrected chi connectivity index (χ4v) is 2.16. The zero-order valence-electron chi connectivity index (χ0n) is 8.21. The Bertz CT molecular complexity index is 358. The van der Waals surface area contributed by atoms with Gasteiger partial charge in [0.05, 0.1) is 16.6 Å². The zero-order valence-corrected chi connectivity index (χ0v) is 9.80. The molecule has 15 heavy (non-hydrogen) atoms. The van der Waals surface area contributed by atoms with Crippen molar-refractivity contribution in [3.63, 3.8) is 0 Å². The van der Waals surface area contributed by atoms with Crippen molar-refractivity contribution in [2.45, 2.75) is 31.4 Å². The van der Waals surface area contributed by atoms with Crippen molar-refractivity contribution in [1.29, 1.82) is 0 Å². The lowest BCUT2D eigenvalue weighted by Crippen LogP contribution is -2.27. The molecule has 0 saturated heterocycles. The number of aliphatic hydroxyl groups excluding tert-OH is 1. The van der Waals surface area contributed by atoms with E-state index in [1.54, 1.807) is 12.1 Å². The number of halogens is 2. The summed E-state index contributed by atoms with van der Waals surface area (Å²) in [5.74, 6) is -0.285. The molecule has 0 radical (unpaired) electrons.